The number of nitrogens with one attached hydrogen (secondary N) is 1. The van der Waals surface area contributed by atoms with Crippen LogP contribution in [0.25, 0.3) is 0 Å². The van der Waals surface area contributed by atoms with Crippen LogP contribution in [0.15, 0.2) is 12.3 Å². The first-order valence-electron chi connectivity index (χ1n) is 5.67. The van der Waals surface area contributed by atoms with E-state index < -0.39 is 0 Å². The minimum absolute atomic E-state index is 0.316. The third-order valence-corrected chi connectivity index (χ3v) is 2.79. The molecule has 1 aromatic heterocycles. The van der Waals surface area contributed by atoms with Gasteiger partial charge in [-0.25, -0.2) is 4.98 Å². The van der Waals surface area contributed by atoms with E-state index in [9.17, 15) is 0 Å². The zero-order valence-electron chi connectivity index (χ0n) is 9.82. The van der Waals surface area contributed by atoms with Crippen molar-refractivity contribution >= 4 is 0 Å². The van der Waals surface area contributed by atoms with Crippen molar-refractivity contribution in [2.75, 3.05) is 20.2 Å². The fraction of sp³-hybridized carbons (Fsp3) is 0.583. The molecule has 88 valence electrons. The molecule has 1 fully saturated rings. The highest BCUT2D eigenvalue weighted by atomic mass is 16.5. The first-order chi connectivity index (χ1) is 7.79. The number of rotatable bonds is 3. The van der Waals surface area contributed by atoms with Crippen LogP contribution < -0.4 is 14.8 Å². The summed E-state index contributed by atoms with van der Waals surface area (Å²) in [6, 6.07) is 1.98. The predicted octanol–water partition coefficient (Wildman–Crippen LogP) is 1.53. The molecule has 0 radical (unpaired) electrons. The molecule has 1 aliphatic heterocycles. The molecule has 0 spiro atoms. The topological polar surface area (TPSA) is 43.4 Å². The molecule has 1 saturated heterocycles. The van der Waals surface area contributed by atoms with Crippen molar-refractivity contribution in [2.45, 2.75) is 25.9 Å². The summed E-state index contributed by atoms with van der Waals surface area (Å²) < 4.78 is 11.0. The van der Waals surface area contributed by atoms with E-state index in [2.05, 4.69) is 10.3 Å². The van der Waals surface area contributed by atoms with Crippen LogP contribution in [-0.2, 0) is 0 Å². The normalized spacial score (nSPS) is 17.1. The van der Waals surface area contributed by atoms with E-state index >= 15 is 0 Å². The molecular formula is C12H18N2O2. The molecule has 16 heavy (non-hydrogen) atoms. The van der Waals surface area contributed by atoms with Crippen molar-refractivity contribution in [2.24, 2.45) is 0 Å². The first kappa shape index (κ1) is 11.2. The lowest BCUT2D eigenvalue weighted by Crippen LogP contribution is -2.34. The van der Waals surface area contributed by atoms with Crippen LogP contribution in [0, 0.1) is 6.92 Å². The first-order valence-corrected chi connectivity index (χ1v) is 5.67. The largest absolute Gasteiger partial charge is 0.489 e. The summed E-state index contributed by atoms with van der Waals surface area (Å²) in [5, 5.41) is 3.31. The minimum atomic E-state index is 0.316. The molecule has 2 rings (SSSR count). The molecule has 0 aliphatic carbocycles. The van der Waals surface area contributed by atoms with Crippen LogP contribution in [0.4, 0.5) is 0 Å². The highest BCUT2D eigenvalue weighted by Gasteiger charge is 2.14. The van der Waals surface area contributed by atoms with E-state index in [0.717, 1.165) is 37.2 Å². The molecule has 4 nitrogen and oxygen atoms in total. The second kappa shape index (κ2) is 5.16. The van der Waals surface area contributed by atoms with E-state index in [1.54, 1.807) is 13.3 Å². The van der Waals surface area contributed by atoms with Gasteiger partial charge < -0.3 is 14.8 Å². The maximum atomic E-state index is 5.88. The number of aryl methyl sites for hydroxylation is 1. The van der Waals surface area contributed by atoms with Crippen LogP contribution in [0.2, 0.25) is 0 Å². The second-order valence-corrected chi connectivity index (χ2v) is 4.06. The minimum Gasteiger partial charge on any atom is -0.489 e. The van der Waals surface area contributed by atoms with E-state index in [1.165, 1.54) is 0 Å². The summed E-state index contributed by atoms with van der Waals surface area (Å²) in [4.78, 5) is 4.20. The van der Waals surface area contributed by atoms with Crippen molar-refractivity contribution in [3.05, 3.63) is 17.8 Å². The Bertz CT molecular complexity index is 349. The molecule has 0 bridgehead atoms. The molecule has 2 heterocycles. The average Bonchev–Trinajstić information content (AvgIpc) is 2.31. The molecule has 1 aliphatic rings. The Kier molecular flexibility index (Phi) is 3.62. The van der Waals surface area contributed by atoms with Gasteiger partial charge in [0.1, 0.15) is 11.9 Å². The van der Waals surface area contributed by atoms with Gasteiger partial charge in [0, 0.05) is 5.56 Å². The predicted molar refractivity (Wildman–Crippen MR) is 62.0 cm³/mol. The lowest BCUT2D eigenvalue weighted by molar-refractivity contribution is 0.161. The summed E-state index contributed by atoms with van der Waals surface area (Å²) in [5.74, 6) is 1.50. The van der Waals surface area contributed by atoms with Gasteiger partial charge in [-0.15, -0.1) is 0 Å². The molecule has 0 unspecified atom stereocenters. The fourth-order valence-corrected chi connectivity index (χ4v) is 1.92. The van der Waals surface area contributed by atoms with Gasteiger partial charge in [-0.1, -0.05) is 0 Å². The van der Waals surface area contributed by atoms with Crippen molar-refractivity contribution < 1.29 is 9.47 Å². The van der Waals surface area contributed by atoms with Crippen LogP contribution in [0.3, 0.4) is 0 Å². The van der Waals surface area contributed by atoms with E-state index in [-0.39, 0.29) is 0 Å². The summed E-state index contributed by atoms with van der Waals surface area (Å²) in [7, 11) is 1.63. The molecule has 0 aromatic carbocycles. The monoisotopic (exact) mass is 222 g/mol. The molecule has 0 atom stereocenters. The van der Waals surface area contributed by atoms with Crippen LogP contribution in [0.5, 0.6) is 11.6 Å². The van der Waals surface area contributed by atoms with Gasteiger partial charge in [0.05, 0.1) is 13.3 Å². The Hall–Kier alpha value is -1.29. The van der Waals surface area contributed by atoms with Gasteiger partial charge in [0.2, 0.25) is 5.88 Å². The summed E-state index contributed by atoms with van der Waals surface area (Å²) in [5.41, 5.74) is 1.01. The third-order valence-electron chi connectivity index (χ3n) is 2.79. The summed E-state index contributed by atoms with van der Waals surface area (Å²) in [6.07, 6.45) is 4.17. The van der Waals surface area contributed by atoms with Crippen molar-refractivity contribution in [1.29, 1.82) is 0 Å². The SMILES string of the molecule is COc1ncc(OC2CCNCC2)cc1C. The van der Waals surface area contributed by atoms with Crippen LogP contribution in [0.1, 0.15) is 18.4 Å². The zero-order valence-corrected chi connectivity index (χ0v) is 9.82. The Morgan fingerprint density at radius 1 is 1.38 bits per heavy atom. The van der Waals surface area contributed by atoms with Gasteiger partial charge in [-0.3, -0.25) is 0 Å². The zero-order chi connectivity index (χ0) is 11.4. The maximum Gasteiger partial charge on any atom is 0.216 e. The molecular weight excluding hydrogens is 204 g/mol. The van der Waals surface area contributed by atoms with Crippen molar-refractivity contribution in [3.63, 3.8) is 0 Å². The van der Waals surface area contributed by atoms with Gasteiger partial charge in [0.15, 0.2) is 0 Å². The van der Waals surface area contributed by atoms with Gasteiger partial charge in [0.25, 0.3) is 0 Å². The average molecular weight is 222 g/mol. The number of piperidine rings is 1. The Labute approximate surface area is 96.0 Å². The fourth-order valence-electron chi connectivity index (χ4n) is 1.92. The van der Waals surface area contributed by atoms with Crippen LogP contribution in [-0.4, -0.2) is 31.3 Å². The number of hydrogen-bond donors (Lipinski definition) is 1. The molecule has 0 amide bonds. The lowest BCUT2D eigenvalue weighted by atomic mass is 10.1. The Balaban J connectivity index is 2.01. The van der Waals surface area contributed by atoms with Crippen LogP contribution >= 0.6 is 0 Å². The molecule has 4 heteroatoms. The molecule has 0 saturated carbocycles. The van der Waals surface area contributed by atoms with Crippen molar-refractivity contribution in [1.82, 2.24) is 10.3 Å². The van der Waals surface area contributed by atoms with E-state index in [4.69, 9.17) is 9.47 Å². The number of pyridine rings is 1. The highest BCUT2D eigenvalue weighted by Crippen LogP contribution is 2.21. The maximum absolute atomic E-state index is 5.88. The number of methoxy groups -OCH3 is 1. The number of hydrogen-bond acceptors (Lipinski definition) is 4. The number of ether oxygens (including phenoxy) is 2. The smallest absolute Gasteiger partial charge is 0.216 e. The summed E-state index contributed by atoms with van der Waals surface area (Å²) in [6.45, 7) is 4.04. The number of aromatic nitrogens is 1. The molecule has 1 aromatic rings. The Morgan fingerprint density at radius 2 is 2.12 bits per heavy atom. The van der Waals surface area contributed by atoms with Gasteiger partial charge in [-0.2, -0.15) is 0 Å². The Morgan fingerprint density at radius 3 is 2.75 bits per heavy atom. The lowest BCUT2D eigenvalue weighted by Gasteiger charge is -2.23. The molecule has 1 N–H and O–H groups in total. The highest BCUT2D eigenvalue weighted by molar-refractivity contribution is 5.32. The van der Waals surface area contributed by atoms with E-state index in [1.807, 2.05) is 13.0 Å². The second-order valence-electron chi connectivity index (χ2n) is 4.06. The summed E-state index contributed by atoms with van der Waals surface area (Å²) >= 11 is 0. The quantitative estimate of drug-likeness (QED) is 0.842. The standard InChI is InChI=1S/C12H18N2O2/c1-9-7-11(8-14-12(9)15-2)16-10-3-5-13-6-4-10/h7-8,10,13H,3-6H2,1-2H3. The van der Waals surface area contributed by atoms with Crippen molar-refractivity contribution in [3.8, 4) is 11.6 Å². The number of nitrogens with zero attached hydrogens (tertiary/aromatic N) is 1. The van der Waals surface area contributed by atoms with Gasteiger partial charge >= 0.3 is 0 Å². The van der Waals surface area contributed by atoms with Gasteiger partial charge in [-0.05, 0) is 38.9 Å². The third kappa shape index (κ3) is 2.64. The van der Waals surface area contributed by atoms with E-state index in [0.29, 0.717) is 12.0 Å².